The van der Waals surface area contributed by atoms with Gasteiger partial charge in [0.25, 0.3) is 0 Å². The van der Waals surface area contributed by atoms with E-state index in [2.05, 4.69) is 0 Å². The van der Waals surface area contributed by atoms with Gasteiger partial charge in [-0.25, -0.2) is 0 Å². The molecule has 0 spiro atoms. The van der Waals surface area contributed by atoms with E-state index in [0.29, 0.717) is 78.5 Å². The average Bonchev–Trinajstić information content (AvgIpc) is 3.73. The van der Waals surface area contributed by atoms with Gasteiger partial charge in [0.1, 0.15) is 0 Å². The molecule has 2 unspecified atom stereocenters. The van der Waals surface area contributed by atoms with E-state index >= 15 is 0 Å². The molecule has 0 aromatic heterocycles. The molecule has 0 aromatic carbocycles. The molecule has 0 aromatic rings. The van der Waals surface area contributed by atoms with Gasteiger partial charge in [-0.1, -0.05) is 0 Å². The van der Waals surface area contributed by atoms with Crippen molar-refractivity contribution in [1.29, 1.82) is 0 Å². The molecule has 218 valence electrons. The summed E-state index contributed by atoms with van der Waals surface area (Å²) in [6.07, 6.45) is 3.11. The minimum atomic E-state index is -0.553. The molecule has 0 amide bonds. The van der Waals surface area contributed by atoms with Gasteiger partial charge in [-0.3, -0.25) is 9.59 Å². The van der Waals surface area contributed by atoms with Crippen molar-refractivity contribution in [2.75, 3.05) is 52.9 Å². The second kappa shape index (κ2) is 16.7. The number of unbranched alkanes of at least 4 members (excludes halogenated alkanes) is 1. The maximum Gasteiger partial charge on any atom is 0.306 e. The Bertz CT molecular complexity index is 624. The van der Waals surface area contributed by atoms with Gasteiger partial charge < -0.3 is 47.4 Å². The molecule has 12 nitrogen and oxygen atoms in total. The molecule has 0 radical (unpaired) electrons. The van der Waals surface area contributed by atoms with Crippen LogP contribution >= 0.6 is 0 Å². The van der Waals surface area contributed by atoms with E-state index in [0.717, 1.165) is 25.7 Å². The van der Waals surface area contributed by atoms with Gasteiger partial charge in [0.15, 0.2) is 37.4 Å². The van der Waals surface area contributed by atoms with Crippen LogP contribution in [0.25, 0.3) is 0 Å². The number of carbonyl (C=O) groups is 2. The zero-order chi connectivity index (χ0) is 26.4. The third-order valence-corrected chi connectivity index (χ3v) is 6.72. The molecular weight excluding hydrogens is 504 g/mol. The van der Waals surface area contributed by atoms with Crippen molar-refractivity contribution >= 4 is 11.9 Å². The van der Waals surface area contributed by atoms with E-state index in [4.69, 9.17) is 47.4 Å². The molecule has 0 bridgehead atoms. The van der Waals surface area contributed by atoms with E-state index in [-0.39, 0.29) is 37.4 Å². The number of ether oxygens (including phenoxy) is 10. The number of hydrogen-bond donors (Lipinski definition) is 0. The van der Waals surface area contributed by atoms with Crippen LogP contribution in [-0.4, -0.2) is 102 Å². The van der Waals surface area contributed by atoms with Gasteiger partial charge in [-0.05, 0) is 51.4 Å². The van der Waals surface area contributed by atoms with E-state index in [1.165, 1.54) is 0 Å². The second-order valence-electron chi connectivity index (χ2n) is 9.69. The van der Waals surface area contributed by atoms with Gasteiger partial charge >= 0.3 is 11.9 Å². The molecule has 12 heteroatoms. The van der Waals surface area contributed by atoms with Crippen LogP contribution in [0.4, 0.5) is 0 Å². The molecule has 4 aliphatic heterocycles. The Morgan fingerprint density at radius 3 is 1.24 bits per heavy atom. The van der Waals surface area contributed by atoms with Gasteiger partial charge in [0.2, 0.25) is 0 Å². The topological polar surface area (TPSA) is 126 Å². The quantitative estimate of drug-likeness (QED) is 0.196. The molecule has 0 saturated carbocycles. The van der Waals surface area contributed by atoms with Crippen LogP contribution in [0, 0.1) is 0 Å². The third-order valence-electron chi connectivity index (χ3n) is 6.72. The summed E-state index contributed by atoms with van der Waals surface area (Å²) in [6.45, 7) is 4.37. The smallest absolute Gasteiger partial charge is 0.306 e. The van der Waals surface area contributed by atoms with Crippen LogP contribution < -0.4 is 0 Å². The summed E-state index contributed by atoms with van der Waals surface area (Å²) in [5.41, 5.74) is 0. The summed E-state index contributed by atoms with van der Waals surface area (Å²) in [5.74, 6) is -0.671. The lowest BCUT2D eigenvalue weighted by molar-refractivity contribution is -0.177. The van der Waals surface area contributed by atoms with Crippen molar-refractivity contribution in [3.63, 3.8) is 0 Å². The van der Waals surface area contributed by atoms with E-state index in [1.54, 1.807) is 0 Å². The monoisotopic (exact) mass is 546 g/mol. The Labute approximate surface area is 223 Å². The van der Waals surface area contributed by atoms with Crippen LogP contribution in [-0.2, 0) is 57.0 Å². The first-order valence-corrected chi connectivity index (χ1v) is 14.0. The highest BCUT2D eigenvalue weighted by Crippen LogP contribution is 2.22. The SMILES string of the molecule is O=C(CCCCC(=O)OC(CCCC1OCCO1)C1OCCO1)OC(CCCC1OCCO1)C1OCCO1. The Kier molecular flexibility index (Phi) is 13.0. The predicted molar refractivity (Wildman–Crippen MR) is 129 cm³/mol. The summed E-state index contributed by atoms with van der Waals surface area (Å²) in [6, 6.07) is 0. The fourth-order valence-electron chi connectivity index (χ4n) is 4.80. The number of hydrogen-bond acceptors (Lipinski definition) is 12. The van der Waals surface area contributed by atoms with E-state index in [9.17, 15) is 9.59 Å². The lowest BCUT2D eigenvalue weighted by atomic mass is 10.1. The first-order valence-electron chi connectivity index (χ1n) is 14.0. The van der Waals surface area contributed by atoms with Crippen LogP contribution in [0.1, 0.15) is 64.2 Å². The lowest BCUT2D eigenvalue weighted by Crippen LogP contribution is -2.33. The second-order valence-corrected chi connectivity index (χ2v) is 9.69. The Balaban J connectivity index is 1.11. The van der Waals surface area contributed by atoms with Crippen molar-refractivity contribution in [3.8, 4) is 0 Å². The minimum Gasteiger partial charge on any atom is -0.457 e. The van der Waals surface area contributed by atoms with Crippen molar-refractivity contribution in [1.82, 2.24) is 0 Å². The summed E-state index contributed by atoms with van der Waals surface area (Å²) in [4.78, 5) is 25.0. The maximum atomic E-state index is 12.5. The Hall–Kier alpha value is -1.38. The molecule has 2 atom stereocenters. The zero-order valence-corrected chi connectivity index (χ0v) is 22.1. The van der Waals surface area contributed by atoms with Crippen molar-refractivity contribution in [3.05, 3.63) is 0 Å². The molecule has 4 heterocycles. The van der Waals surface area contributed by atoms with Gasteiger partial charge in [0, 0.05) is 12.8 Å². The van der Waals surface area contributed by atoms with Gasteiger partial charge in [0.05, 0.1) is 52.9 Å². The molecule has 4 saturated heterocycles. The normalized spacial score (nSPS) is 23.3. The predicted octanol–water partition coefficient (Wildman–Crippen LogP) is 2.20. The van der Waals surface area contributed by atoms with Crippen LogP contribution in [0.2, 0.25) is 0 Å². The zero-order valence-electron chi connectivity index (χ0n) is 22.1. The lowest BCUT2D eigenvalue weighted by Gasteiger charge is -2.23. The van der Waals surface area contributed by atoms with Crippen molar-refractivity contribution in [2.24, 2.45) is 0 Å². The average molecular weight is 547 g/mol. The van der Waals surface area contributed by atoms with E-state index in [1.807, 2.05) is 0 Å². The van der Waals surface area contributed by atoms with Crippen molar-refractivity contribution < 1.29 is 57.0 Å². The maximum absolute atomic E-state index is 12.5. The highest BCUT2D eigenvalue weighted by atomic mass is 16.7. The number of rotatable bonds is 17. The molecule has 4 rings (SSSR count). The summed E-state index contributed by atoms with van der Waals surface area (Å²) >= 11 is 0. The van der Waals surface area contributed by atoms with E-state index < -0.39 is 24.8 Å². The van der Waals surface area contributed by atoms with Crippen LogP contribution in [0.5, 0.6) is 0 Å². The molecule has 0 N–H and O–H groups in total. The summed E-state index contributed by atoms with van der Waals surface area (Å²) < 4.78 is 55.5. The molecule has 4 fully saturated rings. The first kappa shape index (κ1) is 29.6. The van der Waals surface area contributed by atoms with Crippen molar-refractivity contribution in [2.45, 2.75) is 102 Å². The van der Waals surface area contributed by atoms with Crippen LogP contribution in [0.15, 0.2) is 0 Å². The highest BCUT2D eigenvalue weighted by molar-refractivity contribution is 5.70. The minimum absolute atomic E-state index is 0.196. The Morgan fingerprint density at radius 2 is 0.868 bits per heavy atom. The molecular formula is C26H42O12. The largest absolute Gasteiger partial charge is 0.457 e. The van der Waals surface area contributed by atoms with Gasteiger partial charge in [-0.15, -0.1) is 0 Å². The molecule has 0 aliphatic carbocycles. The number of esters is 2. The summed E-state index contributed by atoms with van der Waals surface area (Å²) in [7, 11) is 0. The van der Waals surface area contributed by atoms with Gasteiger partial charge in [-0.2, -0.15) is 0 Å². The first-order chi connectivity index (χ1) is 18.7. The highest BCUT2D eigenvalue weighted by Gasteiger charge is 2.32. The summed E-state index contributed by atoms with van der Waals surface area (Å²) in [5, 5.41) is 0. The number of carbonyl (C=O) groups excluding carboxylic acids is 2. The molecule has 4 aliphatic rings. The standard InChI is InChI=1S/C26H42O12/c27-21(37-19(25-33-15-16-34-25)5-3-9-23-29-11-12-30-23)7-1-2-8-22(28)38-20(26-35-17-18-36-26)6-4-10-24-31-13-14-32-24/h19-20,23-26H,1-18H2. The fourth-order valence-corrected chi connectivity index (χ4v) is 4.80. The van der Waals surface area contributed by atoms with Crippen LogP contribution in [0.3, 0.4) is 0 Å². The fraction of sp³-hybridized carbons (Fsp3) is 0.923. The third kappa shape index (κ3) is 10.3. The molecule has 38 heavy (non-hydrogen) atoms. The Morgan fingerprint density at radius 1 is 0.526 bits per heavy atom.